The van der Waals surface area contributed by atoms with Gasteiger partial charge >= 0.3 is 0 Å². The smallest absolute Gasteiger partial charge is 0.281 e. The van der Waals surface area contributed by atoms with Gasteiger partial charge < -0.3 is 10.2 Å². The van der Waals surface area contributed by atoms with Gasteiger partial charge in [0.05, 0.1) is 5.56 Å². The molecule has 1 fully saturated rings. The maximum atomic E-state index is 13.1. The Bertz CT molecular complexity index is 1340. The van der Waals surface area contributed by atoms with Crippen LogP contribution in [0.3, 0.4) is 0 Å². The van der Waals surface area contributed by atoms with Crippen molar-refractivity contribution in [2.75, 3.05) is 23.3 Å². The molecule has 4 rings (SSSR count). The number of sulfonamides is 1. The molecule has 2 N–H and O–H groups in total. The van der Waals surface area contributed by atoms with Gasteiger partial charge in [-0.25, -0.2) is 14.7 Å². The lowest BCUT2D eigenvalue weighted by molar-refractivity contribution is 0.0981. The Kier molecular flexibility index (Phi) is 7.31. The van der Waals surface area contributed by atoms with E-state index in [1.54, 1.807) is 30.5 Å². The molecule has 8 nitrogen and oxygen atoms in total. The fourth-order valence-corrected chi connectivity index (χ4v) is 5.67. The zero-order chi connectivity index (χ0) is 25.9. The molecule has 1 atom stereocenters. The molecule has 9 heteroatoms. The highest BCUT2D eigenvalue weighted by molar-refractivity contribution is 7.90. The van der Waals surface area contributed by atoms with Gasteiger partial charge in [-0.05, 0) is 69.4 Å². The predicted molar refractivity (Wildman–Crippen MR) is 142 cm³/mol. The number of hydrogen-bond donors (Lipinski definition) is 2. The molecule has 0 aliphatic carbocycles. The average molecular weight is 508 g/mol. The lowest BCUT2D eigenvalue weighted by Gasteiger charge is -2.33. The number of carbonyl (C=O) groups is 1. The van der Waals surface area contributed by atoms with Gasteiger partial charge in [-0.2, -0.15) is 8.42 Å². The van der Waals surface area contributed by atoms with Crippen LogP contribution in [0.15, 0.2) is 65.8 Å². The van der Waals surface area contributed by atoms with E-state index < -0.39 is 15.9 Å². The molecule has 1 unspecified atom stereocenters. The quantitative estimate of drug-likeness (QED) is 0.471. The van der Waals surface area contributed by atoms with Gasteiger partial charge in [0.2, 0.25) is 0 Å². The molecule has 190 valence electrons. The fraction of sp³-hybridized carbons (Fsp3) is 0.370. The first-order chi connectivity index (χ1) is 17.0. The molecule has 1 saturated heterocycles. The summed E-state index contributed by atoms with van der Waals surface area (Å²) in [5.41, 5.74) is 2.40. The summed E-state index contributed by atoms with van der Waals surface area (Å²) < 4.78 is 28.3. The first kappa shape index (κ1) is 25.6. The number of aryl methyl sites for hydroxylation is 1. The SMILES string of the molecule is Cc1ccc(CCNc2cccc(S(=O)(=O)NC(=O)c3cccnc3N3CC(C)CC3(C)C)n2)cc1. The van der Waals surface area contributed by atoms with Crippen molar-refractivity contribution in [3.05, 3.63) is 77.5 Å². The van der Waals surface area contributed by atoms with Crippen LogP contribution in [0.4, 0.5) is 11.6 Å². The molecule has 1 amide bonds. The highest BCUT2D eigenvalue weighted by Gasteiger charge is 2.39. The van der Waals surface area contributed by atoms with Crippen LogP contribution in [0.5, 0.6) is 0 Å². The molecule has 0 bridgehead atoms. The molecule has 36 heavy (non-hydrogen) atoms. The summed E-state index contributed by atoms with van der Waals surface area (Å²) in [6.07, 6.45) is 3.34. The molecular weight excluding hydrogens is 474 g/mol. The molecule has 2 aromatic heterocycles. The second kappa shape index (κ2) is 10.3. The van der Waals surface area contributed by atoms with E-state index in [1.807, 2.05) is 6.92 Å². The van der Waals surface area contributed by atoms with E-state index in [0.29, 0.717) is 24.1 Å². The highest BCUT2D eigenvalue weighted by Crippen LogP contribution is 2.37. The van der Waals surface area contributed by atoms with Crippen LogP contribution in [-0.2, 0) is 16.4 Å². The fourth-order valence-electron chi connectivity index (χ4n) is 4.73. The number of pyridine rings is 2. The number of anilines is 2. The zero-order valence-electron chi connectivity index (χ0n) is 21.2. The molecule has 0 saturated carbocycles. The number of rotatable bonds is 8. The second-order valence-corrected chi connectivity index (χ2v) is 11.7. The van der Waals surface area contributed by atoms with Crippen LogP contribution < -0.4 is 14.9 Å². The lowest BCUT2D eigenvalue weighted by atomic mass is 9.97. The molecule has 3 heterocycles. The number of carbonyl (C=O) groups excluding carboxylic acids is 1. The zero-order valence-corrected chi connectivity index (χ0v) is 22.0. The first-order valence-electron chi connectivity index (χ1n) is 12.1. The topological polar surface area (TPSA) is 104 Å². The van der Waals surface area contributed by atoms with E-state index in [2.05, 4.69) is 69.9 Å². The van der Waals surface area contributed by atoms with Crippen molar-refractivity contribution in [3.8, 4) is 0 Å². The minimum absolute atomic E-state index is 0.193. The van der Waals surface area contributed by atoms with Gasteiger partial charge in [-0.3, -0.25) is 4.79 Å². The molecule has 3 aromatic rings. The molecule has 1 aliphatic heterocycles. The van der Waals surface area contributed by atoms with Crippen LogP contribution in [0.1, 0.15) is 48.7 Å². The van der Waals surface area contributed by atoms with Crippen LogP contribution >= 0.6 is 0 Å². The molecule has 0 radical (unpaired) electrons. The van der Waals surface area contributed by atoms with Crippen molar-refractivity contribution < 1.29 is 13.2 Å². The summed E-state index contributed by atoms with van der Waals surface area (Å²) in [5, 5.41) is 2.93. The van der Waals surface area contributed by atoms with Crippen LogP contribution in [-0.4, -0.2) is 42.9 Å². The Labute approximate surface area is 213 Å². The Balaban J connectivity index is 1.47. The third-order valence-corrected chi connectivity index (χ3v) is 7.66. The van der Waals surface area contributed by atoms with Crippen molar-refractivity contribution in [1.82, 2.24) is 14.7 Å². The molecule has 1 aliphatic rings. The number of hydrogen-bond acceptors (Lipinski definition) is 7. The number of aromatic nitrogens is 2. The summed E-state index contributed by atoms with van der Waals surface area (Å²) in [6, 6.07) is 16.2. The van der Waals surface area contributed by atoms with E-state index in [1.165, 1.54) is 17.2 Å². The standard InChI is InChI=1S/C27H33N5O3S/c1-19-10-12-21(13-11-19)14-16-28-23-8-5-9-24(30-23)36(34,35)31-26(33)22-7-6-15-29-25(22)32-18-20(2)17-27(32,3)4/h5-13,15,20H,14,16-18H2,1-4H3,(H,28,30)(H,31,33). The van der Waals surface area contributed by atoms with Crippen molar-refractivity contribution >= 4 is 27.6 Å². The predicted octanol–water partition coefficient (Wildman–Crippen LogP) is 4.18. The first-order valence-corrected chi connectivity index (χ1v) is 13.6. The summed E-state index contributed by atoms with van der Waals surface area (Å²) >= 11 is 0. The van der Waals surface area contributed by atoms with Gasteiger partial charge in [0.1, 0.15) is 11.6 Å². The molecular formula is C27H33N5O3S. The number of nitrogens with one attached hydrogen (secondary N) is 2. The normalized spacial score (nSPS) is 17.1. The van der Waals surface area contributed by atoms with Crippen molar-refractivity contribution in [2.24, 2.45) is 5.92 Å². The third kappa shape index (κ3) is 5.84. The Morgan fingerprint density at radius 1 is 1.11 bits per heavy atom. The van der Waals surface area contributed by atoms with Crippen molar-refractivity contribution in [2.45, 2.75) is 51.1 Å². The van der Waals surface area contributed by atoms with E-state index in [4.69, 9.17) is 0 Å². The lowest BCUT2D eigenvalue weighted by Crippen LogP contribution is -2.41. The summed E-state index contributed by atoms with van der Waals surface area (Å²) in [6.45, 7) is 9.74. The maximum Gasteiger partial charge on any atom is 0.281 e. The van der Waals surface area contributed by atoms with Gasteiger partial charge in [0, 0.05) is 24.8 Å². The highest BCUT2D eigenvalue weighted by atomic mass is 32.2. The van der Waals surface area contributed by atoms with Gasteiger partial charge in [0.25, 0.3) is 15.9 Å². The van der Waals surface area contributed by atoms with Crippen LogP contribution in [0, 0.1) is 12.8 Å². The van der Waals surface area contributed by atoms with Crippen molar-refractivity contribution in [1.29, 1.82) is 0 Å². The Morgan fingerprint density at radius 2 is 1.86 bits per heavy atom. The minimum Gasteiger partial charge on any atom is -0.370 e. The summed E-state index contributed by atoms with van der Waals surface area (Å²) in [7, 11) is -4.19. The number of nitrogens with zero attached hydrogens (tertiary/aromatic N) is 3. The third-order valence-electron chi connectivity index (χ3n) is 6.43. The Morgan fingerprint density at radius 3 is 2.56 bits per heavy atom. The van der Waals surface area contributed by atoms with E-state index >= 15 is 0 Å². The minimum atomic E-state index is -4.19. The molecule has 1 aromatic carbocycles. The second-order valence-electron chi connectivity index (χ2n) is 10.1. The summed E-state index contributed by atoms with van der Waals surface area (Å²) in [4.78, 5) is 23.9. The average Bonchev–Trinajstić information content (AvgIpc) is 3.12. The van der Waals surface area contributed by atoms with Gasteiger partial charge in [0.15, 0.2) is 5.03 Å². The van der Waals surface area contributed by atoms with Crippen LogP contribution in [0.25, 0.3) is 0 Å². The Hall–Kier alpha value is -3.46. The van der Waals surface area contributed by atoms with Crippen LogP contribution in [0.2, 0.25) is 0 Å². The number of benzene rings is 1. The largest absolute Gasteiger partial charge is 0.370 e. The van der Waals surface area contributed by atoms with E-state index in [9.17, 15) is 13.2 Å². The summed E-state index contributed by atoms with van der Waals surface area (Å²) in [5.74, 6) is 0.617. The van der Waals surface area contributed by atoms with E-state index in [-0.39, 0.29) is 16.1 Å². The van der Waals surface area contributed by atoms with E-state index in [0.717, 1.165) is 19.4 Å². The van der Waals surface area contributed by atoms with Gasteiger partial charge in [-0.1, -0.05) is 42.8 Å². The monoisotopic (exact) mass is 507 g/mol. The number of amides is 1. The van der Waals surface area contributed by atoms with Gasteiger partial charge in [-0.15, -0.1) is 0 Å². The van der Waals surface area contributed by atoms with Crippen molar-refractivity contribution in [3.63, 3.8) is 0 Å². The molecule has 0 spiro atoms. The maximum absolute atomic E-state index is 13.1.